The zero-order chi connectivity index (χ0) is 20.1. The van der Waals surface area contributed by atoms with Crippen LogP contribution in [0.4, 0.5) is 17.2 Å². The quantitative estimate of drug-likeness (QED) is 0.651. The van der Waals surface area contributed by atoms with Gasteiger partial charge in [0.1, 0.15) is 17.3 Å². The molecule has 0 radical (unpaired) electrons. The van der Waals surface area contributed by atoms with Gasteiger partial charge < -0.3 is 20.1 Å². The molecule has 28 heavy (non-hydrogen) atoms. The van der Waals surface area contributed by atoms with Gasteiger partial charge in [0.25, 0.3) is 5.91 Å². The van der Waals surface area contributed by atoms with E-state index in [0.29, 0.717) is 22.9 Å². The maximum absolute atomic E-state index is 12.5. The first-order valence-electron chi connectivity index (χ1n) is 8.83. The molecule has 3 aromatic rings. The van der Waals surface area contributed by atoms with E-state index >= 15 is 0 Å². The molecule has 1 heterocycles. The van der Waals surface area contributed by atoms with E-state index in [4.69, 9.17) is 9.47 Å². The molecule has 0 fully saturated rings. The lowest BCUT2D eigenvalue weighted by atomic mass is 10.1. The molecule has 0 saturated carbocycles. The molecule has 0 aliphatic carbocycles. The largest absolute Gasteiger partial charge is 0.497 e. The molecular formula is C22H23N3O3. The molecule has 6 heteroatoms. The summed E-state index contributed by atoms with van der Waals surface area (Å²) in [5.41, 5.74) is 4.20. The average Bonchev–Trinajstić information content (AvgIpc) is 2.68. The Hall–Kier alpha value is -3.54. The summed E-state index contributed by atoms with van der Waals surface area (Å²) in [5, 5.41) is 6.09. The molecule has 3 rings (SSSR count). The van der Waals surface area contributed by atoms with Crippen LogP contribution in [0.2, 0.25) is 0 Å². The second kappa shape index (κ2) is 8.43. The number of amides is 1. The highest BCUT2D eigenvalue weighted by atomic mass is 16.5. The monoisotopic (exact) mass is 377 g/mol. The minimum absolute atomic E-state index is 0.203. The molecule has 0 aliphatic rings. The SMILES string of the molecule is COc1ccc(Nc2ccc(C(=O)Nc3cc(C)cc(C)c3)cn2)c(OC)c1. The molecule has 0 bridgehead atoms. The highest BCUT2D eigenvalue weighted by molar-refractivity contribution is 6.04. The van der Waals surface area contributed by atoms with E-state index in [9.17, 15) is 4.79 Å². The number of pyridine rings is 1. The number of rotatable bonds is 6. The molecule has 6 nitrogen and oxygen atoms in total. The molecule has 1 amide bonds. The molecule has 2 aromatic carbocycles. The van der Waals surface area contributed by atoms with Gasteiger partial charge in [-0.2, -0.15) is 0 Å². The topological polar surface area (TPSA) is 72.5 Å². The van der Waals surface area contributed by atoms with Gasteiger partial charge in [-0.05, 0) is 61.4 Å². The Bertz CT molecular complexity index is 965. The van der Waals surface area contributed by atoms with Gasteiger partial charge in [0.2, 0.25) is 0 Å². The van der Waals surface area contributed by atoms with Crippen molar-refractivity contribution < 1.29 is 14.3 Å². The predicted molar refractivity (Wildman–Crippen MR) is 111 cm³/mol. The number of benzene rings is 2. The van der Waals surface area contributed by atoms with Gasteiger partial charge in [-0.15, -0.1) is 0 Å². The normalized spacial score (nSPS) is 10.3. The van der Waals surface area contributed by atoms with Crippen molar-refractivity contribution in [2.75, 3.05) is 24.9 Å². The van der Waals surface area contributed by atoms with E-state index < -0.39 is 0 Å². The first kappa shape index (κ1) is 19.2. The second-order valence-corrected chi connectivity index (χ2v) is 6.45. The molecule has 0 aliphatic heterocycles. The molecule has 0 spiro atoms. The zero-order valence-corrected chi connectivity index (χ0v) is 16.4. The highest BCUT2D eigenvalue weighted by Crippen LogP contribution is 2.31. The van der Waals surface area contributed by atoms with Crippen molar-refractivity contribution in [3.63, 3.8) is 0 Å². The number of nitrogens with zero attached hydrogens (tertiary/aromatic N) is 1. The number of hydrogen-bond donors (Lipinski definition) is 2. The van der Waals surface area contributed by atoms with Crippen molar-refractivity contribution in [1.29, 1.82) is 0 Å². The van der Waals surface area contributed by atoms with E-state index in [-0.39, 0.29) is 5.91 Å². The first-order valence-corrected chi connectivity index (χ1v) is 8.83. The number of hydrogen-bond acceptors (Lipinski definition) is 5. The number of nitrogens with one attached hydrogen (secondary N) is 2. The van der Waals surface area contributed by atoms with Crippen LogP contribution in [0.15, 0.2) is 54.7 Å². The minimum atomic E-state index is -0.203. The van der Waals surface area contributed by atoms with Crippen LogP contribution < -0.4 is 20.1 Å². The number of aryl methyl sites for hydroxylation is 2. The van der Waals surface area contributed by atoms with Gasteiger partial charge in [0.05, 0.1) is 25.5 Å². The van der Waals surface area contributed by atoms with Gasteiger partial charge in [-0.25, -0.2) is 4.98 Å². The summed E-state index contributed by atoms with van der Waals surface area (Å²) < 4.78 is 10.6. The number of aromatic nitrogens is 1. The molecule has 0 saturated heterocycles. The Labute approximate surface area is 164 Å². The van der Waals surface area contributed by atoms with Crippen molar-refractivity contribution >= 4 is 23.1 Å². The fraction of sp³-hybridized carbons (Fsp3) is 0.182. The highest BCUT2D eigenvalue weighted by Gasteiger charge is 2.09. The van der Waals surface area contributed by atoms with Crippen molar-refractivity contribution in [3.05, 3.63) is 71.4 Å². The molecular weight excluding hydrogens is 354 g/mol. The maximum Gasteiger partial charge on any atom is 0.257 e. The van der Waals surface area contributed by atoms with Crippen LogP contribution in [0.5, 0.6) is 11.5 Å². The van der Waals surface area contributed by atoms with Gasteiger partial charge in [-0.1, -0.05) is 6.07 Å². The zero-order valence-electron chi connectivity index (χ0n) is 16.4. The first-order chi connectivity index (χ1) is 13.5. The fourth-order valence-corrected chi connectivity index (χ4v) is 2.89. The van der Waals surface area contributed by atoms with E-state index in [1.807, 2.05) is 38.1 Å². The minimum Gasteiger partial charge on any atom is -0.497 e. The maximum atomic E-state index is 12.5. The molecule has 144 valence electrons. The average molecular weight is 377 g/mol. The number of carbonyl (C=O) groups is 1. The molecule has 2 N–H and O–H groups in total. The number of ether oxygens (including phenoxy) is 2. The number of carbonyl (C=O) groups excluding carboxylic acids is 1. The summed E-state index contributed by atoms with van der Waals surface area (Å²) in [6.07, 6.45) is 1.54. The van der Waals surface area contributed by atoms with Crippen LogP contribution in [0, 0.1) is 13.8 Å². The van der Waals surface area contributed by atoms with Crippen molar-refractivity contribution in [2.24, 2.45) is 0 Å². The Morgan fingerprint density at radius 1 is 0.929 bits per heavy atom. The summed E-state index contributed by atoms with van der Waals surface area (Å²) in [7, 11) is 3.19. The summed E-state index contributed by atoms with van der Waals surface area (Å²) in [5.74, 6) is 1.74. The van der Waals surface area contributed by atoms with E-state index in [1.165, 1.54) is 6.20 Å². The van der Waals surface area contributed by atoms with E-state index in [2.05, 4.69) is 21.7 Å². The smallest absolute Gasteiger partial charge is 0.257 e. The Morgan fingerprint density at radius 3 is 2.29 bits per heavy atom. The lowest BCUT2D eigenvalue weighted by Gasteiger charge is -2.12. The van der Waals surface area contributed by atoms with Crippen LogP contribution in [0.25, 0.3) is 0 Å². The number of anilines is 3. The van der Waals surface area contributed by atoms with Crippen molar-refractivity contribution in [2.45, 2.75) is 13.8 Å². The van der Waals surface area contributed by atoms with Crippen LogP contribution in [-0.4, -0.2) is 25.1 Å². The summed E-state index contributed by atoms with van der Waals surface area (Å²) >= 11 is 0. The summed E-state index contributed by atoms with van der Waals surface area (Å²) in [4.78, 5) is 16.8. The molecule has 0 atom stereocenters. The Morgan fingerprint density at radius 2 is 1.68 bits per heavy atom. The standard InChI is InChI=1S/C22H23N3O3/c1-14-9-15(2)11-17(10-14)24-22(26)16-5-8-21(23-13-16)25-19-7-6-18(27-3)12-20(19)28-4/h5-13H,1-4H3,(H,23,25)(H,24,26). The Kier molecular flexibility index (Phi) is 5.79. The van der Waals surface area contributed by atoms with Crippen molar-refractivity contribution in [1.82, 2.24) is 4.98 Å². The van der Waals surface area contributed by atoms with Gasteiger partial charge in [0.15, 0.2) is 0 Å². The van der Waals surface area contributed by atoms with Crippen LogP contribution in [-0.2, 0) is 0 Å². The van der Waals surface area contributed by atoms with Crippen LogP contribution in [0.1, 0.15) is 21.5 Å². The van der Waals surface area contributed by atoms with Crippen LogP contribution in [0.3, 0.4) is 0 Å². The van der Waals surface area contributed by atoms with Crippen LogP contribution >= 0.6 is 0 Å². The van der Waals surface area contributed by atoms with Gasteiger partial charge in [-0.3, -0.25) is 4.79 Å². The predicted octanol–water partition coefficient (Wildman–Crippen LogP) is 4.71. The lowest BCUT2D eigenvalue weighted by Crippen LogP contribution is -2.12. The molecule has 1 aromatic heterocycles. The lowest BCUT2D eigenvalue weighted by molar-refractivity contribution is 0.102. The second-order valence-electron chi connectivity index (χ2n) is 6.45. The molecule has 0 unspecified atom stereocenters. The third kappa shape index (κ3) is 4.59. The summed E-state index contributed by atoms with van der Waals surface area (Å²) in [6, 6.07) is 14.9. The summed E-state index contributed by atoms with van der Waals surface area (Å²) in [6.45, 7) is 4.00. The Balaban J connectivity index is 1.72. The van der Waals surface area contributed by atoms with Gasteiger partial charge in [0, 0.05) is 18.0 Å². The van der Waals surface area contributed by atoms with E-state index in [0.717, 1.165) is 22.5 Å². The van der Waals surface area contributed by atoms with Gasteiger partial charge >= 0.3 is 0 Å². The van der Waals surface area contributed by atoms with E-state index in [1.54, 1.807) is 32.4 Å². The third-order valence-electron chi connectivity index (χ3n) is 4.18. The third-order valence-corrected chi connectivity index (χ3v) is 4.18. The fourth-order valence-electron chi connectivity index (χ4n) is 2.89. The van der Waals surface area contributed by atoms with Crippen molar-refractivity contribution in [3.8, 4) is 11.5 Å². The number of methoxy groups -OCH3 is 2.